The molecule has 146 valence electrons. The van der Waals surface area contributed by atoms with Gasteiger partial charge in [-0.15, -0.1) is 0 Å². The molecule has 3 rings (SSSR count). The van der Waals surface area contributed by atoms with Crippen LogP contribution in [-0.2, 0) is 9.53 Å². The molecule has 1 saturated heterocycles. The van der Waals surface area contributed by atoms with Gasteiger partial charge in [-0.05, 0) is 56.8 Å². The van der Waals surface area contributed by atoms with Gasteiger partial charge in [-0.25, -0.2) is 4.79 Å². The predicted molar refractivity (Wildman–Crippen MR) is 111 cm³/mol. The number of hydrogen-bond acceptors (Lipinski definition) is 6. The molecule has 2 aromatic rings. The van der Waals surface area contributed by atoms with Gasteiger partial charge in [0.25, 0.3) is 5.91 Å². The van der Waals surface area contributed by atoms with Crippen LogP contribution in [-0.4, -0.2) is 41.6 Å². The van der Waals surface area contributed by atoms with Gasteiger partial charge in [0, 0.05) is 24.7 Å². The second-order valence-corrected chi connectivity index (χ2v) is 6.93. The molecule has 0 saturated carbocycles. The average molecular weight is 398 g/mol. The number of ether oxygens (including phenoxy) is 1. The Morgan fingerprint density at radius 2 is 1.93 bits per heavy atom. The number of amidine groups is 1. The van der Waals surface area contributed by atoms with E-state index in [1.54, 1.807) is 30.0 Å². The van der Waals surface area contributed by atoms with Crippen molar-refractivity contribution in [2.75, 3.05) is 19.7 Å². The number of carbonyl (C=O) groups excluding carboxylic acids is 2. The Balaban J connectivity index is 1.79. The monoisotopic (exact) mass is 398 g/mol. The molecule has 0 radical (unpaired) electrons. The van der Waals surface area contributed by atoms with E-state index in [1.807, 2.05) is 38.1 Å². The van der Waals surface area contributed by atoms with Crippen LogP contribution in [0.3, 0.4) is 0 Å². The molecule has 6 nitrogen and oxygen atoms in total. The lowest BCUT2D eigenvalue weighted by Gasteiger charge is -2.11. The Labute approximate surface area is 168 Å². The number of nitrogens with zero attached hydrogens (tertiary/aromatic N) is 2. The topological polar surface area (TPSA) is 72.1 Å². The molecule has 0 spiro atoms. The van der Waals surface area contributed by atoms with Gasteiger partial charge in [0.2, 0.25) is 0 Å². The first-order valence-electron chi connectivity index (χ1n) is 9.20. The molecule has 1 aromatic carbocycles. The van der Waals surface area contributed by atoms with Crippen molar-refractivity contribution < 1.29 is 18.7 Å². The Morgan fingerprint density at radius 3 is 2.57 bits per heavy atom. The molecule has 0 aliphatic carbocycles. The van der Waals surface area contributed by atoms with E-state index in [4.69, 9.17) is 9.15 Å². The highest BCUT2D eigenvalue weighted by atomic mass is 32.2. The minimum absolute atomic E-state index is 0.0589. The number of furan rings is 1. The summed E-state index contributed by atoms with van der Waals surface area (Å²) in [5.74, 6) is 0.846. The zero-order chi connectivity index (χ0) is 20.1. The lowest BCUT2D eigenvalue weighted by atomic mass is 10.1. The minimum atomic E-state index is -0.347. The molecular formula is C21H22N2O4S. The first-order valence-corrected chi connectivity index (χ1v) is 10.0. The zero-order valence-corrected chi connectivity index (χ0v) is 16.9. The van der Waals surface area contributed by atoms with Crippen LogP contribution in [0, 0.1) is 0 Å². The Kier molecular flexibility index (Phi) is 6.36. The van der Waals surface area contributed by atoms with Crippen molar-refractivity contribution in [1.82, 2.24) is 4.90 Å². The molecule has 28 heavy (non-hydrogen) atoms. The molecule has 1 aliphatic rings. The molecule has 0 bridgehead atoms. The van der Waals surface area contributed by atoms with Gasteiger partial charge in [0.15, 0.2) is 5.17 Å². The van der Waals surface area contributed by atoms with Crippen LogP contribution in [0.5, 0.6) is 0 Å². The van der Waals surface area contributed by atoms with Crippen LogP contribution < -0.4 is 0 Å². The summed E-state index contributed by atoms with van der Waals surface area (Å²) in [6, 6.07) is 10.7. The van der Waals surface area contributed by atoms with Crippen molar-refractivity contribution in [2.24, 2.45) is 4.99 Å². The molecule has 0 unspecified atom stereocenters. The normalized spacial score (nSPS) is 17.0. The highest BCUT2D eigenvalue weighted by molar-refractivity contribution is 8.18. The molecule has 1 aliphatic heterocycles. The number of amides is 1. The smallest absolute Gasteiger partial charge is 0.338 e. The van der Waals surface area contributed by atoms with Gasteiger partial charge in [0.05, 0.1) is 17.1 Å². The number of aliphatic imine (C=N–C) groups is 1. The van der Waals surface area contributed by atoms with Crippen LogP contribution in [0.1, 0.15) is 36.9 Å². The van der Waals surface area contributed by atoms with Crippen LogP contribution in [0.15, 0.2) is 50.7 Å². The summed E-state index contributed by atoms with van der Waals surface area (Å²) in [5.41, 5.74) is 1.33. The van der Waals surface area contributed by atoms with E-state index in [1.165, 1.54) is 11.8 Å². The molecule has 2 heterocycles. The molecular weight excluding hydrogens is 376 g/mol. The van der Waals surface area contributed by atoms with Crippen molar-refractivity contribution in [3.63, 3.8) is 0 Å². The van der Waals surface area contributed by atoms with E-state index >= 15 is 0 Å². The number of rotatable bonds is 6. The maximum Gasteiger partial charge on any atom is 0.338 e. The Morgan fingerprint density at radius 1 is 1.18 bits per heavy atom. The number of carbonyl (C=O) groups is 2. The highest BCUT2D eigenvalue weighted by Gasteiger charge is 2.32. The molecule has 7 heteroatoms. The summed E-state index contributed by atoms with van der Waals surface area (Å²) >= 11 is 1.36. The van der Waals surface area contributed by atoms with Crippen molar-refractivity contribution in [3.05, 3.63) is 52.6 Å². The summed E-state index contributed by atoms with van der Waals surface area (Å²) in [6.07, 6.45) is 1.74. The SMILES string of the molecule is CCN=C1S/C(=C\c2ccc(-c3ccc(C(=O)OCC)cc3)o2)C(=O)N1CC. The van der Waals surface area contributed by atoms with E-state index < -0.39 is 0 Å². The van der Waals surface area contributed by atoms with Gasteiger partial charge >= 0.3 is 5.97 Å². The van der Waals surface area contributed by atoms with Crippen LogP contribution in [0.2, 0.25) is 0 Å². The number of benzene rings is 1. The standard InChI is InChI=1S/C21H22N2O4S/c1-4-22-21-23(5-2)19(24)18(28-21)13-16-11-12-17(27-16)14-7-9-15(10-8-14)20(25)26-6-3/h7-13H,4-6H2,1-3H3/b18-13-,22-21?. The highest BCUT2D eigenvalue weighted by Crippen LogP contribution is 2.33. The van der Waals surface area contributed by atoms with E-state index in [9.17, 15) is 9.59 Å². The molecule has 0 N–H and O–H groups in total. The lowest BCUT2D eigenvalue weighted by Crippen LogP contribution is -2.28. The van der Waals surface area contributed by atoms with Crippen molar-refractivity contribution in [3.8, 4) is 11.3 Å². The Hall–Kier alpha value is -2.80. The second kappa shape index (κ2) is 8.93. The number of esters is 1. The summed E-state index contributed by atoms with van der Waals surface area (Å²) in [5, 5.41) is 0.725. The van der Waals surface area contributed by atoms with Gasteiger partial charge in [-0.1, -0.05) is 12.1 Å². The molecule has 1 amide bonds. The lowest BCUT2D eigenvalue weighted by molar-refractivity contribution is -0.122. The largest absolute Gasteiger partial charge is 0.462 e. The van der Waals surface area contributed by atoms with Gasteiger partial charge in [0.1, 0.15) is 11.5 Å². The fourth-order valence-corrected chi connectivity index (χ4v) is 3.82. The summed E-state index contributed by atoms with van der Waals surface area (Å²) < 4.78 is 10.9. The minimum Gasteiger partial charge on any atom is -0.462 e. The van der Waals surface area contributed by atoms with Gasteiger partial charge in [-0.2, -0.15) is 0 Å². The third-order valence-corrected chi connectivity index (χ3v) is 5.12. The Bertz CT molecular complexity index is 928. The third-order valence-electron chi connectivity index (χ3n) is 4.08. The van der Waals surface area contributed by atoms with Crippen LogP contribution >= 0.6 is 11.8 Å². The predicted octanol–water partition coefficient (Wildman–Crippen LogP) is 4.44. The maximum atomic E-state index is 12.5. The van der Waals surface area contributed by atoms with Crippen molar-refractivity contribution in [1.29, 1.82) is 0 Å². The van der Waals surface area contributed by atoms with Crippen molar-refractivity contribution >= 4 is 34.9 Å². The van der Waals surface area contributed by atoms with Crippen LogP contribution in [0.25, 0.3) is 17.4 Å². The maximum absolute atomic E-state index is 12.5. The van der Waals surface area contributed by atoms with E-state index in [0.29, 0.717) is 41.7 Å². The second-order valence-electron chi connectivity index (χ2n) is 5.92. The van der Waals surface area contributed by atoms with E-state index in [2.05, 4.69) is 4.99 Å². The third kappa shape index (κ3) is 4.20. The molecule has 0 atom stereocenters. The fourth-order valence-electron chi connectivity index (χ4n) is 2.74. The number of thioether (sulfide) groups is 1. The average Bonchev–Trinajstić information content (AvgIpc) is 3.27. The first kappa shape index (κ1) is 19.9. The fraction of sp³-hybridized carbons (Fsp3) is 0.286. The zero-order valence-electron chi connectivity index (χ0n) is 16.1. The van der Waals surface area contributed by atoms with Gasteiger partial charge < -0.3 is 9.15 Å². The van der Waals surface area contributed by atoms with Crippen LogP contribution in [0.4, 0.5) is 0 Å². The quantitative estimate of drug-likeness (QED) is 0.531. The summed E-state index contributed by atoms with van der Waals surface area (Å²) in [7, 11) is 0. The number of likely N-dealkylation sites (N-methyl/N-ethyl adjacent to an activating group) is 1. The van der Waals surface area contributed by atoms with Crippen molar-refractivity contribution in [2.45, 2.75) is 20.8 Å². The molecule has 1 fully saturated rings. The number of hydrogen-bond donors (Lipinski definition) is 0. The van der Waals surface area contributed by atoms with E-state index in [-0.39, 0.29) is 11.9 Å². The van der Waals surface area contributed by atoms with Gasteiger partial charge in [-0.3, -0.25) is 14.7 Å². The summed E-state index contributed by atoms with van der Waals surface area (Å²) in [6.45, 7) is 7.20. The summed E-state index contributed by atoms with van der Waals surface area (Å²) in [4.78, 5) is 30.9. The van der Waals surface area contributed by atoms with E-state index in [0.717, 1.165) is 10.7 Å². The molecule has 1 aromatic heterocycles. The first-order chi connectivity index (χ1) is 13.6.